The molecular weight excluding hydrogens is 441 g/mol. The van der Waals surface area contributed by atoms with Crippen molar-refractivity contribution in [2.24, 2.45) is 4.99 Å². The van der Waals surface area contributed by atoms with Crippen LogP contribution in [0, 0.1) is 5.82 Å². The zero-order chi connectivity index (χ0) is 22.6. The van der Waals surface area contributed by atoms with Gasteiger partial charge in [0.1, 0.15) is 17.3 Å². The summed E-state index contributed by atoms with van der Waals surface area (Å²) in [4.78, 5) is 30.8. The molecule has 2 heterocycles. The van der Waals surface area contributed by atoms with Crippen LogP contribution in [0.15, 0.2) is 35.8 Å². The van der Waals surface area contributed by atoms with Gasteiger partial charge in [0.2, 0.25) is 5.91 Å². The van der Waals surface area contributed by atoms with E-state index in [1.807, 2.05) is 6.92 Å². The summed E-state index contributed by atoms with van der Waals surface area (Å²) < 4.78 is 40.8. The standard InChI is InChI=1S/C21H26FN3O4S2/c1-3-10-25-17-9-8-15(22)12-18(17)30-21(25)23-19(26)13-31(28,29)14-20(27)24-11-6-5-7-16(24)4-2/h3,8-9,12,16H,1,4-7,10-11,13-14H2,2H3. The molecule has 2 amide bonds. The van der Waals surface area contributed by atoms with Crippen LogP contribution in [-0.2, 0) is 26.0 Å². The van der Waals surface area contributed by atoms with Gasteiger partial charge in [0, 0.05) is 19.1 Å². The lowest BCUT2D eigenvalue weighted by atomic mass is 10.0. The normalized spacial score (nSPS) is 17.8. The van der Waals surface area contributed by atoms with Gasteiger partial charge >= 0.3 is 0 Å². The number of allylic oxidation sites excluding steroid dienone is 1. The second-order valence-electron chi connectivity index (χ2n) is 7.58. The number of rotatable bonds is 7. The fourth-order valence-electron chi connectivity index (χ4n) is 3.84. The fraction of sp³-hybridized carbons (Fsp3) is 0.476. The number of piperidine rings is 1. The summed E-state index contributed by atoms with van der Waals surface area (Å²) in [6.45, 7) is 6.53. The summed E-state index contributed by atoms with van der Waals surface area (Å²) in [6, 6.07) is 4.27. The van der Waals surface area contributed by atoms with Gasteiger partial charge in [0.25, 0.3) is 5.91 Å². The minimum absolute atomic E-state index is 0.0497. The third-order valence-corrected chi connectivity index (χ3v) is 7.70. The van der Waals surface area contributed by atoms with Crippen molar-refractivity contribution in [2.75, 3.05) is 18.1 Å². The van der Waals surface area contributed by atoms with Crippen molar-refractivity contribution in [2.45, 2.75) is 45.2 Å². The number of amides is 2. The van der Waals surface area contributed by atoms with E-state index in [-0.39, 0.29) is 10.8 Å². The molecule has 0 N–H and O–H groups in total. The third kappa shape index (κ3) is 5.68. The van der Waals surface area contributed by atoms with E-state index in [2.05, 4.69) is 11.6 Å². The molecule has 1 saturated heterocycles. The lowest BCUT2D eigenvalue weighted by molar-refractivity contribution is -0.132. The Hall–Kier alpha value is -2.33. The van der Waals surface area contributed by atoms with Crippen molar-refractivity contribution in [3.05, 3.63) is 41.5 Å². The predicted octanol–water partition coefficient (Wildman–Crippen LogP) is 2.66. The highest BCUT2D eigenvalue weighted by molar-refractivity contribution is 7.92. The first kappa shape index (κ1) is 23.3. The quantitative estimate of drug-likeness (QED) is 0.586. The topological polar surface area (TPSA) is 88.8 Å². The molecule has 0 aliphatic carbocycles. The fourth-order valence-corrected chi connectivity index (χ4v) is 6.01. The molecule has 0 bridgehead atoms. The van der Waals surface area contributed by atoms with Crippen LogP contribution >= 0.6 is 11.3 Å². The first-order chi connectivity index (χ1) is 14.7. The van der Waals surface area contributed by atoms with E-state index < -0.39 is 39.0 Å². The Balaban J connectivity index is 1.79. The first-order valence-corrected chi connectivity index (χ1v) is 12.8. The number of carbonyl (C=O) groups is 2. The molecule has 1 unspecified atom stereocenters. The molecule has 0 saturated carbocycles. The first-order valence-electron chi connectivity index (χ1n) is 10.2. The molecule has 31 heavy (non-hydrogen) atoms. The van der Waals surface area contributed by atoms with Crippen LogP contribution < -0.4 is 4.80 Å². The van der Waals surface area contributed by atoms with Gasteiger partial charge in [-0.25, -0.2) is 12.8 Å². The van der Waals surface area contributed by atoms with Gasteiger partial charge in [-0.1, -0.05) is 24.3 Å². The van der Waals surface area contributed by atoms with Crippen molar-refractivity contribution in [1.29, 1.82) is 0 Å². The van der Waals surface area contributed by atoms with Crippen molar-refractivity contribution in [3.63, 3.8) is 0 Å². The van der Waals surface area contributed by atoms with E-state index in [4.69, 9.17) is 0 Å². The number of halogens is 1. The minimum Gasteiger partial charge on any atom is -0.339 e. The molecule has 1 aliphatic heterocycles. The Morgan fingerprint density at radius 1 is 1.32 bits per heavy atom. The second kappa shape index (κ2) is 9.86. The van der Waals surface area contributed by atoms with Crippen molar-refractivity contribution >= 4 is 43.2 Å². The van der Waals surface area contributed by atoms with Gasteiger partial charge in [0.15, 0.2) is 14.6 Å². The maximum absolute atomic E-state index is 13.5. The van der Waals surface area contributed by atoms with Crippen LogP contribution in [0.4, 0.5) is 4.39 Å². The van der Waals surface area contributed by atoms with E-state index in [1.165, 1.54) is 12.1 Å². The lowest BCUT2D eigenvalue weighted by Crippen LogP contribution is -2.46. The SMILES string of the molecule is C=CCn1c(=NC(=O)CS(=O)(=O)CC(=O)N2CCCCC2CC)sc2cc(F)ccc21. The van der Waals surface area contributed by atoms with Crippen LogP contribution in [0.1, 0.15) is 32.6 Å². The largest absolute Gasteiger partial charge is 0.339 e. The third-order valence-electron chi connectivity index (χ3n) is 5.28. The monoisotopic (exact) mass is 467 g/mol. The maximum atomic E-state index is 13.5. The zero-order valence-electron chi connectivity index (χ0n) is 17.4. The summed E-state index contributed by atoms with van der Waals surface area (Å²) in [5.41, 5.74) is 0.673. The number of thiazole rings is 1. The number of hydrogen-bond donors (Lipinski definition) is 0. The van der Waals surface area contributed by atoms with E-state index in [0.717, 1.165) is 37.0 Å². The number of benzene rings is 1. The molecule has 3 rings (SSSR count). The maximum Gasteiger partial charge on any atom is 0.263 e. The average Bonchev–Trinajstić information content (AvgIpc) is 3.03. The van der Waals surface area contributed by atoms with E-state index in [1.54, 1.807) is 21.6 Å². The number of sulfone groups is 1. The number of likely N-dealkylation sites (tertiary alicyclic amines) is 1. The van der Waals surface area contributed by atoms with Crippen molar-refractivity contribution in [1.82, 2.24) is 9.47 Å². The van der Waals surface area contributed by atoms with Gasteiger partial charge in [-0.3, -0.25) is 9.59 Å². The van der Waals surface area contributed by atoms with Gasteiger partial charge in [-0.05, 0) is 43.9 Å². The van der Waals surface area contributed by atoms with Gasteiger partial charge in [0.05, 0.1) is 10.2 Å². The van der Waals surface area contributed by atoms with E-state index in [9.17, 15) is 22.4 Å². The molecule has 1 fully saturated rings. The molecule has 10 heteroatoms. The Morgan fingerprint density at radius 2 is 2.10 bits per heavy atom. The number of carbonyl (C=O) groups excluding carboxylic acids is 2. The summed E-state index contributed by atoms with van der Waals surface area (Å²) in [5, 5.41) is 0. The van der Waals surface area contributed by atoms with Crippen molar-refractivity contribution in [3.8, 4) is 0 Å². The summed E-state index contributed by atoms with van der Waals surface area (Å²) >= 11 is 1.09. The van der Waals surface area contributed by atoms with Crippen LogP contribution in [0.25, 0.3) is 10.2 Å². The van der Waals surface area contributed by atoms with E-state index in [0.29, 0.717) is 23.3 Å². The average molecular weight is 468 g/mol. The van der Waals surface area contributed by atoms with Gasteiger partial charge in [-0.2, -0.15) is 4.99 Å². The number of fused-ring (bicyclic) bond motifs is 1. The second-order valence-corrected chi connectivity index (χ2v) is 10.7. The molecular formula is C21H26FN3O4S2. The zero-order valence-corrected chi connectivity index (χ0v) is 19.1. The number of hydrogen-bond acceptors (Lipinski definition) is 5. The molecule has 1 aromatic heterocycles. The molecule has 0 spiro atoms. The lowest BCUT2D eigenvalue weighted by Gasteiger charge is -2.35. The molecule has 1 aromatic carbocycles. The molecule has 0 radical (unpaired) electrons. The summed E-state index contributed by atoms with van der Waals surface area (Å²) in [5.74, 6) is -3.28. The van der Waals surface area contributed by atoms with Gasteiger partial charge < -0.3 is 9.47 Å². The Kier molecular flexibility index (Phi) is 7.42. The highest BCUT2D eigenvalue weighted by Crippen LogP contribution is 2.20. The smallest absolute Gasteiger partial charge is 0.263 e. The Bertz CT molecular complexity index is 1170. The molecule has 168 valence electrons. The van der Waals surface area contributed by atoms with Crippen LogP contribution in [0.3, 0.4) is 0 Å². The Labute approximate surface area is 184 Å². The van der Waals surface area contributed by atoms with E-state index >= 15 is 0 Å². The Morgan fingerprint density at radius 3 is 2.81 bits per heavy atom. The highest BCUT2D eigenvalue weighted by atomic mass is 32.2. The summed E-state index contributed by atoms with van der Waals surface area (Å²) in [6.07, 6.45) is 5.13. The highest BCUT2D eigenvalue weighted by Gasteiger charge is 2.29. The van der Waals surface area contributed by atoms with Crippen LogP contribution in [0.2, 0.25) is 0 Å². The predicted molar refractivity (Wildman–Crippen MR) is 119 cm³/mol. The number of nitrogens with zero attached hydrogens (tertiary/aromatic N) is 3. The van der Waals surface area contributed by atoms with Gasteiger partial charge in [-0.15, -0.1) is 6.58 Å². The molecule has 1 atom stereocenters. The molecule has 1 aliphatic rings. The summed E-state index contributed by atoms with van der Waals surface area (Å²) in [7, 11) is -3.96. The number of aromatic nitrogens is 1. The minimum atomic E-state index is -3.96. The van der Waals surface area contributed by atoms with Crippen LogP contribution in [0.5, 0.6) is 0 Å². The molecule has 2 aromatic rings. The van der Waals surface area contributed by atoms with Crippen LogP contribution in [-0.4, -0.2) is 53.8 Å². The van der Waals surface area contributed by atoms with Crippen molar-refractivity contribution < 1.29 is 22.4 Å². The molecule has 7 nitrogen and oxygen atoms in total.